The molecule has 31 heavy (non-hydrogen) atoms. The van der Waals surface area contributed by atoms with Gasteiger partial charge < -0.3 is 9.84 Å². The molecule has 0 saturated heterocycles. The number of benzene rings is 3. The van der Waals surface area contributed by atoms with Gasteiger partial charge >= 0.3 is 5.97 Å². The Morgan fingerprint density at radius 1 is 0.903 bits per heavy atom. The first-order valence-corrected chi connectivity index (χ1v) is 9.66. The summed E-state index contributed by atoms with van der Waals surface area (Å²) >= 11 is 0. The lowest BCUT2D eigenvalue weighted by Crippen LogP contribution is -2.42. The molecule has 1 N–H and O–H groups in total. The van der Waals surface area contributed by atoms with Crippen LogP contribution in [0.3, 0.4) is 0 Å². The van der Waals surface area contributed by atoms with Crippen molar-refractivity contribution in [3.63, 3.8) is 0 Å². The molecule has 154 valence electrons. The molecule has 0 aromatic heterocycles. The molecule has 0 atom stereocenters. The number of carboxylic acids is 1. The summed E-state index contributed by atoms with van der Waals surface area (Å²) in [5.74, 6) is -1.60. The zero-order valence-corrected chi connectivity index (χ0v) is 16.7. The van der Waals surface area contributed by atoms with Crippen LogP contribution in [0.15, 0.2) is 72.8 Å². The summed E-state index contributed by atoms with van der Waals surface area (Å²) in [6.45, 7) is 1.34. The van der Waals surface area contributed by atoms with E-state index in [1.807, 2.05) is 19.1 Å². The molecule has 0 fully saturated rings. The Labute approximate surface area is 179 Å². The lowest BCUT2D eigenvalue weighted by Gasteiger charge is -2.29. The van der Waals surface area contributed by atoms with Gasteiger partial charge in [-0.15, -0.1) is 0 Å². The number of hydrogen-bond donors (Lipinski definition) is 1. The minimum atomic E-state index is -1.10. The van der Waals surface area contributed by atoms with Crippen LogP contribution in [0.1, 0.15) is 27.0 Å². The van der Waals surface area contributed by atoms with Crippen LogP contribution < -0.4 is 9.64 Å². The fourth-order valence-corrected chi connectivity index (χ4v) is 3.55. The second kappa shape index (κ2) is 8.28. The highest BCUT2D eigenvalue weighted by atomic mass is 16.5. The molecule has 4 rings (SSSR count). The molecule has 0 aliphatic carbocycles. The summed E-state index contributed by atoms with van der Waals surface area (Å²) in [5, 5.41) is 8.94. The first-order valence-electron chi connectivity index (χ1n) is 9.66. The van der Waals surface area contributed by atoms with Crippen LogP contribution in [0, 0.1) is 6.92 Å². The van der Waals surface area contributed by atoms with Gasteiger partial charge in [0.25, 0.3) is 11.8 Å². The van der Waals surface area contributed by atoms with Crippen molar-refractivity contribution in [1.82, 2.24) is 0 Å². The Bertz CT molecular complexity index is 1230. The van der Waals surface area contributed by atoms with E-state index in [4.69, 9.17) is 9.84 Å². The fraction of sp³-hybridized carbons (Fsp3) is 0.0800. The van der Waals surface area contributed by atoms with Crippen molar-refractivity contribution in [2.75, 3.05) is 11.5 Å². The van der Waals surface area contributed by atoms with Gasteiger partial charge in [-0.05, 0) is 42.3 Å². The van der Waals surface area contributed by atoms with Crippen LogP contribution in [0.4, 0.5) is 5.69 Å². The molecule has 3 aromatic carbocycles. The summed E-state index contributed by atoms with van der Waals surface area (Å²) < 4.78 is 5.38. The third-order valence-corrected chi connectivity index (χ3v) is 5.01. The van der Waals surface area contributed by atoms with Crippen molar-refractivity contribution >= 4 is 35.1 Å². The van der Waals surface area contributed by atoms with Crippen molar-refractivity contribution in [1.29, 1.82) is 0 Å². The van der Waals surface area contributed by atoms with Gasteiger partial charge in [0.2, 0.25) is 0 Å². The molecule has 0 bridgehead atoms. The average Bonchev–Trinajstić information content (AvgIpc) is 2.77. The van der Waals surface area contributed by atoms with Crippen LogP contribution in [0.5, 0.6) is 5.75 Å². The number of fused-ring (bicyclic) bond motifs is 1. The molecule has 6 nitrogen and oxygen atoms in total. The summed E-state index contributed by atoms with van der Waals surface area (Å²) in [5.41, 5.74) is 3.13. The third kappa shape index (κ3) is 3.83. The summed E-state index contributed by atoms with van der Waals surface area (Å²) in [6.07, 6.45) is 1.63. The third-order valence-electron chi connectivity index (χ3n) is 5.01. The van der Waals surface area contributed by atoms with Crippen molar-refractivity contribution in [3.05, 3.63) is 95.1 Å². The van der Waals surface area contributed by atoms with Crippen LogP contribution in [0.25, 0.3) is 11.6 Å². The number of anilines is 1. The van der Waals surface area contributed by atoms with Gasteiger partial charge in [-0.3, -0.25) is 9.59 Å². The predicted molar refractivity (Wildman–Crippen MR) is 117 cm³/mol. The van der Waals surface area contributed by atoms with Crippen LogP contribution in [0.2, 0.25) is 0 Å². The van der Waals surface area contributed by atoms with E-state index in [2.05, 4.69) is 0 Å². The number of carboxylic acid groups (broad SMARTS) is 1. The number of amides is 2. The summed E-state index contributed by atoms with van der Waals surface area (Å²) in [7, 11) is 0. The lowest BCUT2D eigenvalue weighted by atomic mass is 9.91. The fourth-order valence-electron chi connectivity index (χ4n) is 3.55. The zero-order valence-electron chi connectivity index (χ0n) is 16.7. The number of aryl methyl sites for hydroxylation is 1. The smallest absolute Gasteiger partial charge is 0.341 e. The van der Waals surface area contributed by atoms with Crippen molar-refractivity contribution in [2.24, 2.45) is 0 Å². The second-order valence-corrected chi connectivity index (χ2v) is 7.06. The average molecular weight is 413 g/mol. The zero-order chi connectivity index (χ0) is 22.0. The lowest BCUT2D eigenvalue weighted by molar-refractivity contribution is -0.139. The molecule has 0 unspecified atom stereocenters. The molecule has 1 heterocycles. The monoisotopic (exact) mass is 413 g/mol. The number of ether oxygens (including phenoxy) is 1. The van der Waals surface area contributed by atoms with Gasteiger partial charge in [-0.25, -0.2) is 9.69 Å². The van der Waals surface area contributed by atoms with Crippen molar-refractivity contribution < 1.29 is 24.2 Å². The predicted octanol–water partition coefficient (Wildman–Crippen LogP) is 4.19. The molecule has 2 amide bonds. The van der Waals surface area contributed by atoms with Crippen molar-refractivity contribution in [2.45, 2.75) is 6.92 Å². The van der Waals surface area contributed by atoms with Gasteiger partial charge in [0.15, 0.2) is 6.61 Å². The van der Waals surface area contributed by atoms with E-state index in [9.17, 15) is 14.4 Å². The molecule has 0 saturated carbocycles. The minimum Gasteiger partial charge on any atom is -0.481 e. The first-order chi connectivity index (χ1) is 15.0. The van der Waals surface area contributed by atoms with Crippen LogP contribution in [-0.4, -0.2) is 29.5 Å². The Kier molecular flexibility index (Phi) is 5.37. The molecule has 0 radical (unpaired) electrons. The van der Waals surface area contributed by atoms with Gasteiger partial charge in [-0.2, -0.15) is 0 Å². The highest BCUT2D eigenvalue weighted by Gasteiger charge is 2.36. The van der Waals surface area contributed by atoms with E-state index in [0.717, 1.165) is 5.56 Å². The van der Waals surface area contributed by atoms with E-state index in [1.165, 1.54) is 4.90 Å². The quantitative estimate of drug-likeness (QED) is 0.501. The number of imide groups is 1. The maximum atomic E-state index is 13.5. The number of carbonyl (C=O) groups is 3. The van der Waals surface area contributed by atoms with Gasteiger partial charge in [0.1, 0.15) is 5.75 Å². The first kappa shape index (κ1) is 20.1. The minimum absolute atomic E-state index is 0.324. The van der Waals surface area contributed by atoms with E-state index < -0.39 is 18.5 Å². The molecular formula is C25H19NO5. The van der Waals surface area contributed by atoms with Gasteiger partial charge in [0, 0.05) is 16.7 Å². The molecule has 6 heteroatoms. The molecule has 3 aromatic rings. The molecule has 1 aliphatic rings. The van der Waals surface area contributed by atoms with Gasteiger partial charge in [-0.1, -0.05) is 54.6 Å². The number of aliphatic carboxylic acids is 1. The number of para-hydroxylation sites is 2. The second-order valence-electron chi connectivity index (χ2n) is 7.06. The molecule has 1 aliphatic heterocycles. The van der Waals surface area contributed by atoms with E-state index in [1.54, 1.807) is 66.7 Å². The van der Waals surface area contributed by atoms with E-state index >= 15 is 0 Å². The number of rotatable bonds is 5. The Morgan fingerprint density at radius 3 is 2.29 bits per heavy atom. The SMILES string of the molecule is Cc1ccccc1N1C(=O)/C(=C\c2ccccc2OCC(=O)O)c2ccccc2C1=O. The Morgan fingerprint density at radius 2 is 1.55 bits per heavy atom. The van der Waals surface area contributed by atoms with Crippen molar-refractivity contribution in [3.8, 4) is 5.75 Å². The van der Waals surface area contributed by atoms with Crippen LogP contribution >= 0.6 is 0 Å². The van der Waals surface area contributed by atoms with Crippen LogP contribution in [-0.2, 0) is 9.59 Å². The molecule has 0 spiro atoms. The standard InChI is InChI=1S/C25H19NO5/c1-16-8-2-6-12-21(16)26-24(29)19-11-5-4-10-18(19)20(25(26)30)14-17-9-3-7-13-22(17)31-15-23(27)28/h2-14H,15H2,1H3,(H,27,28)/b20-14-. The van der Waals surface area contributed by atoms with Gasteiger partial charge in [0.05, 0.1) is 5.69 Å². The Balaban J connectivity index is 1.87. The summed E-state index contributed by atoms with van der Waals surface area (Å²) in [6, 6.07) is 21.0. The highest BCUT2D eigenvalue weighted by molar-refractivity contribution is 6.43. The normalized spacial score (nSPS) is 14.5. The maximum Gasteiger partial charge on any atom is 0.341 e. The summed E-state index contributed by atoms with van der Waals surface area (Å²) in [4.78, 5) is 38.8. The van der Waals surface area contributed by atoms with E-state index in [0.29, 0.717) is 33.7 Å². The number of hydrogen-bond acceptors (Lipinski definition) is 4. The number of carbonyl (C=O) groups excluding carboxylic acids is 2. The maximum absolute atomic E-state index is 13.5. The molecular weight excluding hydrogens is 394 g/mol. The topological polar surface area (TPSA) is 83.9 Å². The largest absolute Gasteiger partial charge is 0.481 e. The Hall–Kier alpha value is -4.19. The highest BCUT2D eigenvalue weighted by Crippen LogP contribution is 2.35. The number of nitrogens with zero attached hydrogens (tertiary/aromatic N) is 1. The van der Waals surface area contributed by atoms with E-state index in [-0.39, 0.29) is 5.91 Å².